The zero-order valence-corrected chi connectivity index (χ0v) is 17.2. The maximum atomic E-state index is 6.63. The molecule has 0 rings (SSSR count). The van der Waals surface area contributed by atoms with Gasteiger partial charge in [0.15, 0.2) is 16.6 Å². The van der Waals surface area contributed by atoms with Crippen LogP contribution in [0.1, 0.15) is 38.5 Å². The molecular weight excluding hydrogens is 304 g/mol. The molecule has 1 nitrogen and oxygen atoms in total. The van der Waals surface area contributed by atoms with E-state index in [9.17, 15) is 0 Å². The molecule has 0 aliphatic heterocycles. The van der Waals surface area contributed by atoms with E-state index in [4.69, 9.17) is 4.12 Å². The summed E-state index contributed by atoms with van der Waals surface area (Å²) in [6.45, 7) is 9.60. The van der Waals surface area contributed by atoms with Crippen molar-refractivity contribution in [3.8, 4) is 0 Å². The molecule has 0 aromatic heterocycles. The minimum atomic E-state index is -1.44. The first-order valence-corrected chi connectivity index (χ1v) is 15.2. The van der Waals surface area contributed by atoms with E-state index in [0.717, 1.165) is 11.5 Å². The van der Waals surface area contributed by atoms with Crippen LogP contribution in [-0.4, -0.2) is 28.1 Å². The minimum absolute atomic E-state index is 1.02. The molecular formula is C14H34OS2Si2. The summed E-state index contributed by atoms with van der Waals surface area (Å²) in [5, 5.41) is 0. The maximum Gasteiger partial charge on any atom is 0.173 e. The Balaban J connectivity index is 3.93. The molecule has 0 fully saturated rings. The number of unbranched alkanes of at least 4 members (excludes halogenated alkanes) is 4. The Morgan fingerprint density at radius 1 is 0.632 bits per heavy atom. The third-order valence-corrected chi connectivity index (χ3v) is 11.6. The van der Waals surface area contributed by atoms with Crippen LogP contribution in [-0.2, 0) is 4.12 Å². The van der Waals surface area contributed by atoms with Gasteiger partial charge in [-0.1, -0.05) is 25.7 Å². The van der Waals surface area contributed by atoms with Crippen molar-refractivity contribution in [2.75, 3.05) is 11.5 Å². The quantitative estimate of drug-likeness (QED) is 0.267. The highest BCUT2D eigenvalue weighted by molar-refractivity contribution is 7.80. The zero-order valence-electron chi connectivity index (χ0n) is 13.4. The fourth-order valence-electron chi connectivity index (χ4n) is 2.53. The summed E-state index contributed by atoms with van der Waals surface area (Å²) >= 11 is 8.54. The number of hydrogen-bond donors (Lipinski definition) is 2. The van der Waals surface area contributed by atoms with Gasteiger partial charge in [-0.2, -0.15) is 25.3 Å². The monoisotopic (exact) mass is 338 g/mol. The SMILES string of the molecule is C[Si](C)(CCCCCS)O[Si](C)(C)CCCCCS. The Kier molecular flexibility index (Phi) is 11.4. The van der Waals surface area contributed by atoms with E-state index in [1.165, 1.54) is 50.6 Å². The smallest absolute Gasteiger partial charge is 0.173 e. The normalized spacial score (nSPS) is 12.9. The van der Waals surface area contributed by atoms with Gasteiger partial charge in [0.05, 0.1) is 0 Å². The maximum absolute atomic E-state index is 6.63. The van der Waals surface area contributed by atoms with Crippen molar-refractivity contribution < 1.29 is 4.12 Å². The van der Waals surface area contributed by atoms with Crippen LogP contribution < -0.4 is 0 Å². The van der Waals surface area contributed by atoms with E-state index in [-0.39, 0.29) is 0 Å². The van der Waals surface area contributed by atoms with Crippen molar-refractivity contribution in [2.24, 2.45) is 0 Å². The average molecular weight is 339 g/mol. The molecule has 0 amide bonds. The van der Waals surface area contributed by atoms with Crippen molar-refractivity contribution in [1.29, 1.82) is 0 Å². The van der Waals surface area contributed by atoms with Gasteiger partial charge in [-0.15, -0.1) is 0 Å². The molecule has 0 N–H and O–H groups in total. The molecule has 0 atom stereocenters. The first kappa shape index (κ1) is 20.1. The standard InChI is InChI=1S/C14H34OS2Si2/c1-18(2,13-9-5-7-11-16)15-19(3,4)14-10-6-8-12-17/h16-17H,5-14H2,1-4H3. The fraction of sp³-hybridized carbons (Fsp3) is 1.00. The zero-order chi connectivity index (χ0) is 14.8. The molecule has 5 heteroatoms. The molecule has 0 saturated heterocycles. The van der Waals surface area contributed by atoms with Gasteiger partial charge in [-0.3, -0.25) is 0 Å². The van der Waals surface area contributed by atoms with Crippen LogP contribution in [0.5, 0.6) is 0 Å². The van der Waals surface area contributed by atoms with Gasteiger partial charge in [0.25, 0.3) is 0 Å². The summed E-state index contributed by atoms with van der Waals surface area (Å²) in [5.74, 6) is 2.04. The van der Waals surface area contributed by atoms with Crippen molar-refractivity contribution in [3.05, 3.63) is 0 Å². The minimum Gasteiger partial charge on any atom is -0.455 e. The second kappa shape index (κ2) is 10.8. The highest BCUT2D eigenvalue weighted by atomic mass is 32.1. The van der Waals surface area contributed by atoms with Gasteiger partial charge in [0, 0.05) is 0 Å². The van der Waals surface area contributed by atoms with Crippen LogP contribution in [0.15, 0.2) is 0 Å². The average Bonchev–Trinajstić information content (AvgIpc) is 2.29. The van der Waals surface area contributed by atoms with E-state index in [1.54, 1.807) is 0 Å². The van der Waals surface area contributed by atoms with Crippen LogP contribution in [0, 0.1) is 0 Å². The van der Waals surface area contributed by atoms with E-state index < -0.39 is 16.6 Å². The summed E-state index contributed by atoms with van der Waals surface area (Å²) in [6, 6.07) is 2.63. The van der Waals surface area contributed by atoms with Crippen LogP contribution in [0.2, 0.25) is 38.3 Å². The lowest BCUT2D eigenvalue weighted by molar-refractivity contribution is 0.525. The lowest BCUT2D eigenvalue weighted by Gasteiger charge is -2.34. The molecule has 0 aliphatic rings. The Hall–Kier alpha value is 1.09. The number of thiol groups is 2. The lowest BCUT2D eigenvalue weighted by Crippen LogP contribution is -2.44. The Morgan fingerprint density at radius 2 is 1.00 bits per heavy atom. The number of hydrogen-bond acceptors (Lipinski definition) is 3. The summed E-state index contributed by atoms with van der Waals surface area (Å²) in [5.41, 5.74) is 0. The Bertz CT molecular complexity index is 201. The molecule has 0 spiro atoms. The summed E-state index contributed by atoms with van der Waals surface area (Å²) < 4.78 is 6.63. The van der Waals surface area contributed by atoms with Gasteiger partial charge in [-0.25, -0.2) is 0 Å². The molecule has 116 valence electrons. The van der Waals surface area contributed by atoms with Crippen molar-refractivity contribution in [2.45, 2.75) is 76.8 Å². The molecule has 0 aromatic carbocycles. The highest BCUT2D eigenvalue weighted by Gasteiger charge is 2.31. The van der Waals surface area contributed by atoms with Gasteiger partial charge < -0.3 is 4.12 Å². The van der Waals surface area contributed by atoms with E-state index in [0.29, 0.717) is 0 Å². The Morgan fingerprint density at radius 3 is 1.32 bits per heavy atom. The van der Waals surface area contributed by atoms with Crippen LogP contribution in [0.25, 0.3) is 0 Å². The molecule has 0 radical (unpaired) electrons. The van der Waals surface area contributed by atoms with E-state index in [2.05, 4.69) is 51.4 Å². The van der Waals surface area contributed by atoms with Crippen molar-refractivity contribution in [1.82, 2.24) is 0 Å². The van der Waals surface area contributed by atoms with Crippen LogP contribution in [0.4, 0.5) is 0 Å². The molecule has 0 saturated carbocycles. The van der Waals surface area contributed by atoms with Crippen LogP contribution in [0.3, 0.4) is 0 Å². The number of rotatable bonds is 12. The van der Waals surface area contributed by atoms with Gasteiger partial charge in [0.1, 0.15) is 0 Å². The third kappa shape index (κ3) is 12.5. The van der Waals surface area contributed by atoms with Gasteiger partial charge >= 0.3 is 0 Å². The molecule has 0 heterocycles. The molecule has 0 aliphatic carbocycles. The largest absolute Gasteiger partial charge is 0.455 e. The predicted molar refractivity (Wildman–Crippen MR) is 101 cm³/mol. The first-order chi connectivity index (χ1) is 8.83. The van der Waals surface area contributed by atoms with Gasteiger partial charge in [0.2, 0.25) is 0 Å². The van der Waals surface area contributed by atoms with E-state index >= 15 is 0 Å². The van der Waals surface area contributed by atoms with Gasteiger partial charge in [-0.05, 0) is 62.6 Å². The topological polar surface area (TPSA) is 9.23 Å². The first-order valence-electron chi connectivity index (χ1n) is 7.75. The second-order valence-corrected chi connectivity index (χ2v) is 16.4. The van der Waals surface area contributed by atoms with Crippen LogP contribution >= 0.6 is 25.3 Å². The summed E-state index contributed by atoms with van der Waals surface area (Å²) in [4.78, 5) is 0. The van der Waals surface area contributed by atoms with Crippen molar-refractivity contribution in [3.63, 3.8) is 0 Å². The summed E-state index contributed by atoms with van der Waals surface area (Å²) in [7, 11) is -2.87. The van der Waals surface area contributed by atoms with Crippen molar-refractivity contribution >= 4 is 41.9 Å². The summed E-state index contributed by atoms with van der Waals surface area (Å²) in [6.07, 6.45) is 7.77. The molecule has 0 aromatic rings. The second-order valence-electron chi connectivity index (χ2n) is 6.69. The highest BCUT2D eigenvalue weighted by Crippen LogP contribution is 2.25. The predicted octanol–water partition coefficient (Wildman–Crippen LogP) is 5.61. The molecule has 0 unspecified atom stereocenters. The fourth-order valence-corrected chi connectivity index (χ4v) is 12.0. The Labute approximate surface area is 134 Å². The molecule has 0 bridgehead atoms. The molecule has 19 heavy (non-hydrogen) atoms. The van der Waals surface area contributed by atoms with E-state index in [1.807, 2.05) is 0 Å². The lowest BCUT2D eigenvalue weighted by atomic mass is 10.3. The third-order valence-electron chi connectivity index (χ3n) is 3.43.